The van der Waals surface area contributed by atoms with Crippen molar-refractivity contribution in [2.24, 2.45) is 0 Å². The first-order valence-electron chi connectivity index (χ1n) is 4.53. The van der Waals surface area contributed by atoms with Crippen LogP contribution in [0.1, 0.15) is 16.7 Å². The molecule has 2 rings (SSSR count). The first-order valence-corrected chi connectivity index (χ1v) is 5.34. The van der Waals surface area contributed by atoms with Crippen LogP contribution in [0, 0.1) is 17.5 Å². The van der Waals surface area contributed by atoms with Gasteiger partial charge in [-0.2, -0.15) is 0 Å². The molecule has 0 bridgehead atoms. The zero-order valence-corrected chi connectivity index (χ0v) is 9.70. The zero-order chi connectivity index (χ0) is 12.6. The Morgan fingerprint density at radius 3 is 2.24 bits per heavy atom. The van der Waals surface area contributed by atoms with Crippen LogP contribution in [0.15, 0.2) is 28.7 Å². The van der Waals surface area contributed by atoms with E-state index >= 15 is 0 Å². The number of hydrogen-bond acceptors (Lipinski definition) is 1. The van der Waals surface area contributed by atoms with Crippen LogP contribution in [-0.2, 0) is 0 Å². The number of benzene rings is 1. The molecule has 6 heteroatoms. The van der Waals surface area contributed by atoms with E-state index in [0.717, 1.165) is 0 Å². The van der Waals surface area contributed by atoms with Crippen molar-refractivity contribution < 1.29 is 17.6 Å². The molecule has 1 aromatic carbocycles. The molecule has 0 aliphatic heterocycles. The second-order valence-electron chi connectivity index (χ2n) is 3.29. The van der Waals surface area contributed by atoms with Gasteiger partial charge in [0.25, 0.3) is 0 Å². The molecule has 1 nitrogen and oxygen atoms in total. The minimum Gasteiger partial charge on any atom is -0.448 e. The second kappa shape index (κ2) is 4.63. The Hall–Kier alpha value is -1.13. The van der Waals surface area contributed by atoms with E-state index < -0.39 is 22.8 Å². The van der Waals surface area contributed by atoms with Gasteiger partial charge in [-0.05, 0) is 29.8 Å². The van der Waals surface area contributed by atoms with Crippen LogP contribution in [0.25, 0.3) is 0 Å². The van der Waals surface area contributed by atoms with E-state index in [1.807, 2.05) is 0 Å². The van der Waals surface area contributed by atoms with Crippen LogP contribution < -0.4 is 0 Å². The summed E-state index contributed by atoms with van der Waals surface area (Å²) in [6, 6.07) is 3.98. The Morgan fingerprint density at radius 2 is 1.65 bits per heavy atom. The van der Waals surface area contributed by atoms with Crippen LogP contribution in [-0.4, -0.2) is 0 Å². The van der Waals surface area contributed by atoms with Gasteiger partial charge in [0, 0.05) is 11.6 Å². The lowest BCUT2D eigenvalue weighted by molar-refractivity contribution is 0.482. The average molecular weight is 281 g/mol. The van der Waals surface area contributed by atoms with E-state index in [0.29, 0.717) is 12.1 Å². The molecule has 1 atom stereocenters. The average Bonchev–Trinajstić information content (AvgIpc) is 2.69. The molecule has 2 aromatic rings. The van der Waals surface area contributed by atoms with Gasteiger partial charge < -0.3 is 4.42 Å². The Kier molecular flexibility index (Phi) is 3.35. The molecule has 1 aromatic heterocycles. The fraction of sp³-hybridized carbons (Fsp3) is 0.0909. The lowest BCUT2D eigenvalue weighted by atomic mass is 10.1. The topological polar surface area (TPSA) is 13.1 Å². The van der Waals surface area contributed by atoms with Crippen LogP contribution in [0.3, 0.4) is 0 Å². The molecule has 0 amide bonds. The number of halogens is 5. The standard InChI is InChI=1S/C11H5Cl2F3O/c12-10-2-1-9(17-10)11(13)5-3-7(15)8(16)4-6(5)14/h1-4,11H. The molecule has 17 heavy (non-hydrogen) atoms. The van der Waals surface area contributed by atoms with Crippen molar-refractivity contribution in [2.75, 3.05) is 0 Å². The lowest BCUT2D eigenvalue weighted by Gasteiger charge is -2.08. The van der Waals surface area contributed by atoms with Gasteiger partial charge in [0.15, 0.2) is 16.9 Å². The van der Waals surface area contributed by atoms with Crippen molar-refractivity contribution in [3.05, 3.63) is 58.3 Å². The Morgan fingerprint density at radius 1 is 1.00 bits per heavy atom. The van der Waals surface area contributed by atoms with Crippen LogP contribution in [0.5, 0.6) is 0 Å². The second-order valence-corrected chi connectivity index (χ2v) is 4.10. The normalized spacial score (nSPS) is 12.8. The summed E-state index contributed by atoms with van der Waals surface area (Å²) in [4.78, 5) is 0. The first kappa shape index (κ1) is 12.3. The third-order valence-electron chi connectivity index (χ3n) is 2.16. The van der Waals surface area contributed by atoms with Gasteiger partial charge in [0.05, 0.1) is 0 Å². The minimum atomic E-state index is -1.27. The van der Waals surface area contributed by atoms with Crippen molar-refractivity contribution >= 4 is 23.2 Å². The third-order valence-corrected chi connectivity index (χ3v) is 2.81. The van der Waals surface area contributed by atoms with Crippen molar-refractivity contribution in [3.8, 4) is 0 Å². The largest absolute Gasteiger partial charge is 0.448 e. The molecule has 0 fully saturated rings. The molecule has 1 unspecified atom stereocenters. The Labute approximate surface area is 105 Å². The highest BCUT2D eigenvalue weighted by molar-refractivity contribution is 6.29. The highest BCUT2D eigenvalue weighted by Gasteiger charge is 2.21. The number of furan rings is 1. The molecular weight excluding hydrogens is 276 g/mol. The summed E-state index contributed by atoms with van der Waals surface area (Å²) in [6.07, 6.45) is 0. The molecule has 0 radical (unpaired) electrons. The molecule has 1 heterocycles. The highest BCUT2D eigenvalue weighted by Crippen LogP contribution is 2.33. The maximum absolute atomic E-state index is 13.4. The van der Waals surface area contributed by atoms with Crippen molar-refractivity contribution in [3.63, 3.8) is 0 Å². The monoisotopic (exact) mass is 280 g/mol. The van der Waals surface area contributed by atoms with E-state index in [4.69, 9.17) is 27.6 Å². The summed E-state index contributed by atoms with van der Waals surface area (Å²) in [5.41, 5.74) is -0.211. The van der Waals surface area contributed by atoms with Gasteiger partial charge in [-0.3, -0.25) is 0 Å². The zero-order valence-electron chi connectivity index (χ0n) is 8.18. The fourth-order valence-corrected chi connectivity index (χ4v) is 1.79. The van der Waals surface area contributed by atoms with Crippen LogP contribution in [0.4, 0.5) is 13.2 Å². The number of rotatable bonds is 2. The van der Waals surface area contributed by atoms with E-state index in [-0.39, 0.29) is 16.5 Å². The summed E-state index contributed by atoms with van der Waals surface area (Å²) < 4.78 is 44.1. The third kappa shape index (κ3) is 2.42. The molecular formula is C11H5Cl2F3O. The molecule has 90 valence electrons. The maximum atomic E-state index is 13.4. The van der Waals surface area contributed by atoms with E-state index in [2.05, 4.69) is 0 Å². The van der Waals surface area contributed by atoms with Crippen molar-refractivity contribution in [2.45, 2.75) is 5.38 Å². The Balaban J connectivity index is 2.43. The first-order chi connectivity index (χ1) is 7.99. The van der Waals surface area contributed by atoms with Crippen LogP contribution in [0.2, 0.25) is 5.22 Å². The quantitative estimate of drug-likeness (QED) is 0.575. The van der Waals surface area contributed by atoms with E-state index in [9.17, 15) is 13.2 Å². The predicted octanol–water partition coefficient (Wildman–Crippen LogP) is 4.68. The SMILES string of the molecule is Fc1cc(F)c(C(Cl)c2ccc(Cl)o2)cc1F. The Bertz CT molecular complexity index is 554. The fourth-order valence-electron chi connectivity index (χ4n) is 1.35. The molecule has 0 N–H and O–H groups in total. The number of alkyl halides is 1. The lowest BCUT2D eigenvalue weighted by Crippen LogP contribution is -1.99. The maximum Gasteiger partial charge on any atom is 0.193 e. The van der Waals surface area contributed by atoms with Gasteiger partial charge in [0.1, 0.15) is 17.0 Å². The summed E-state index contributed by atoms with van der Waals surface area (Å²) in [7, 11) is 0. The van der Waals surface area contributed by atoms with E-state index in [1.54, 1.807) is 0 Å². The van der Waals surface area contributed by atoms with Crippen LogP contribution >= 0.6 is 23.2 Å². The summed E-state index contributed by atoms with van der Waals surface area (Å²) >= 11 is 11.4. The molecule has 0 aliphatic rings. The van der Waals surface area contributed by atoms with Gasteiger partial charge in [0.2, 0.25) is 0 Å². The van der Waals surface area contributed by atoms with Crippen molar-refractivity contribution in [1.29, 1.82) is 0 Å². The smallest absolute Gasteiger partial charge is 0.193 e. The predicted molar refractivity (Wildman–Crippen MR) is 57.7 cm³/mol. The molecule has 0 spiro atoms. The molecule has 0 saturated carbocycles. The van der Waals surface area contributed by atoms with Crippen molar-refractivity contribution in [1.82, 2.24) is 0 Å². The van der Waals surface area contributed by atoms with Gasteiger partial charge in [-0.1, -0.05) is 0 Å². The number of hydrogen-bond donors (Lipinski definition) is 0. The van der Waals surface area contributed by atoms with Gasteiger partial charge >= 0.3 is 0 Å². The summed E-state index contributed by atoms with van der Waals surface area (Å²) in [5.74, 6) is -3.24. The highest BCUT2D eigenvalue weighted by atomic mass is 35.5. The van der Waals surface area contributed by atoms with Gasteiger partial charge in [-0.25, -0.2) is 13.2 Å². The van der Waals surface area contributed by atoms with Gasteiger partial charge in [-0.15, -0.1) is 11.6 Å². The van der Waals surface area contributed by atoms with E-state index in [1.165, 1.54) is 12.1 Å². The summed E-state index contributed by atoms with van der Waals surface area (Å²) in [6.45, 7) is 0. The minimum absolute atomic E-state index is 0.0774. The molecule has 0 aliphatic carbocycles. The summed E-state index contributed by atoms with van der Waals surface area (Å²) in [5, 5.41) is -0.994. The molecule has 0 saturated heterocycles.